The van der Waals surface area contributed by atoms with Crippen molar-refractivity contribution >= 4 is 29.3 Å². The summed E-state index contributed by atoms with van der Waals surface area (Å²) in [5, 5.41) is 11.8. The van der Waals surface area contributed by atoms with E-state index in [4.69, 9.17) is 4.74 Å². The van der Waals surface area contributed by atoms with Gasteiger partial charge in [-0.3, -0.25) is 9.36 Å². The summed E-state index contributed by atoms with van der Waals surface area (Å²) in [6.07, 6.45) is 0. The second kappa shape index (κ2) is 8.93. The van der Waals surface area contributed by atoms with Gasteiger partial charge in [0.2, 0.25) is 11.9 Å². The van der Waals surface area contributed by atoms with Gasteiger partial charge in [0.25, 0.3) is 0 Å². The summed E-state index contributed by atoms with van der Waals surface area (Å²) in [5.41, 5.74) is 0.672. The van der Waals surface area contributed by atoms with Gasteiger partial charge >= 0.3 is 0 Å². The fourth-order valence-electron chi connectivity index (χ4n) is 2.40. The molecule has 26 heavy (non-hydrogen) atoms. The normalized spacial score (nSPS) is 12.1. The second-order valence-corrected chi connectivity index (χ2v) is 7.63. The lowest BCUT2D eigenvalue weighted by Crippen LogP contribution is -2.23. The molecule has 0 saturated heterocycles. The minimum atomic E-state index is -0.332. The monoisotopic (exact) mass is 377 g/mol. The average molecular weight is 378 g/mol. The smallest absolute Gasteiger partial charge is 0.237 e. The standard InChI is InChI=1S/C18H27N5O2S/c1-7-25-15-11-9-8-10-14(15)19-16(24)13(4)26-18-21-20-17(22(5)6)23(18)12(2)3/h8-13H,7H2,1-6H3,(H,19,24). The summed E-state index contributed by atoms with van der Waals surface area (Å²) in [7, 11) is 3.86. The van der Waals surface area contributed by atoms with Crippen molar-refractivity contribution in [2.24, 2.45) is 0 Å². The van der Waals surface area contributed by atoms with Gasteiger partial charge in [-0.1, -0.05) is 23.9 Å². The Morgan fingerprint density at radius 3 is 2.58 bits per heavy atom. The molecule has 1 amide bonds. The van der Waals surface area contributed by atoms with Gasteiger partial charge in [0.15, 0.2) is 5.16 Å². The number of rotatable bonds is 8. The predicted molar refractivity (Wildman–Crippen MR) is 106 cm³/mol. The van der Waals surface area contributed by atoms with Crippen LogP contribution in [0.25, 0.3) is 0 Å². The van der Waals surface area contributed by atoms with Gasteiger partial charge in [-0.2, -0.15) is 0 Å². The first-order valence-corrected chi connectivity index (χ1v) is 9.54. The van der Waals surface area contributed by atoms with Crippen LogP contribution in [-0.4, -0.2) is 46.6 Å². The molecule has 0 spiro atoms. The van der Waals surface area contributed by atoms with Crippen LogP contribution in [-0.2, 0) is 4.79 Å². The minimum absolute atomic E-state index is 0.105. The van der Waals surface area contributed by atoms with Crippen molar-refractivity contribution < 1.29 is 9.53 Å². The number of hydrogen-bond donors (Lipinski definition) is 1. The Kier molecular flexibility index (Phi) is 6.90. The van der Waals surface area contributed by atoms with E-state index < -0.39 is 0 Å². The summed E-state index contributed by atoms with van der Waals surface area (Å²) in [6, 6.07) is 7.62. The van der Waals surface area contributed by atoms with Crippen LogP contribution in [0.3, 0.4) is 0 Å². The molecule has 8 heteroatoms. The Morgan fingerprint density at radius 2 is 1.96 bits per heavy atom. The molecule has 0 radical (unpaired) electrons. The molecule has 1 N–H and O–H groups in total. The number of ether oxygens (including phenoxy) is 1. The van der Waals surface area contributed by atoms with Gasteiger partial charge in [-0.05, 0) is 39.8 Å². The number of aromatic nitrogens is 3. The van der Waals surface area contributed by atoms with E-state index in [1.54, 1.807) is 0 Å². The van der Waals surface area contributed by atoms with E-state index in [0.717, 1.165) is 11.1 Å². The Hall–Kier alpha value is -2.22. The summed E-state index contributed by atoms with van der Waals surface area (Å²) >= 11 is 1.39. The number of thioether (sulfide) groups is 1. The highest BCUT2D eigenvalue weighted by Gasteiger charge is 2.22. The Bertz CT molecular complexity index is 745. The zero-order valence-corrected chi connectivity index (χ0v) is 17.0. The lowest BCUT2D eigenvalue weighted by atomic mass is 10.3. The Labute approximate surface area is 159 Å². The molecule has 2 rings (SSSR count). The van der Waals surface area contributed by atoms with Crippen LogP contribution in [0.2, 0.25) is 0 Å². The minimum Gasteiger partial charge on any atom is -0.492 e. The number of para-hydroxylation sites is 2. The van der Waals surface area contributed by atoms with E-state index >= 15 is 0 Å². The van der Waals surface area contributed by atoms with Gasteiger partial charge in [-0.15, -0.1) is 10.2 Å². The maximum Gasteiger partial charge on any atom is 0.237 e. The quantitative estimate of drug-likeness (QED) is 0.711. The molecule has 1 heterocycles. The molecule has 1 aromatic carbocycles. The Balaban J connectivity index is 2.13. The highest BCUT2D eigenvalue weighted by atomic mass is 32.2. The van der Waals surface area contributed by atoms with E-state index in [2.05, 4.69) is 29.4 Å². The number of benzene rings is 1. The SMILES string of the molecule is CCOc1ccccc1NC(=O)C(C)Sc1nnc(N(C)C)n1C(C)C. The van der Waals surface area contributed by atoms with Crippen LogP contribution in [0.1, 0.15) is 33.7 Å². The number of carbonyl (C=O) groups excluding carboxylic acids is 1. The third-order valence-electron chi connectivity index (χ3n) is 3.66. The first-order chi connectivity index (χ1) is 12.3. The molecule has 0 aliphatic carbocycles. The number of anilines is 2. The summed E-state index contributed by atoms with van der Waals surface area (Å²) in [4.78, 5) is 14.6. The molecule has 2 aromatic rings. The number of hydrogen-bond acceptors (Lipinski definition) is 6. The first kappa shape index (κ1) is 20.1. The van der Waals surface area contributed by atoms with Gasteiger partial charge in [-0.25, -0.2) is 0 Å². The van der Waals surface area contributed by atoms with Crippen molar-refractivity contribution in [1.29, 1.82) is 0 Å². The van der Waals surface area contributed by atoms with Gasteiger partial charge < -0.3 is 15.0 Å². The van der Waals surface area contributed by atoms with Gasteiger partial charge in [0.05, 0.1) is 17.5 Å². The molecule has 7 nitrogen and oxygen atoms in total. The zero-order valence-electron chi connectivity index (χ0n) is 16.2. The van der Waals surface area contributed by atoms with Crippen molar-refractivity contribution in [2.75, 3.05) is 30.9 Å². The van der Waals surface area contributed by atoms with Crippen LogP contribution in [0.5, 0.6) is 5.75 Å². The molecule has 0 fully saturated rings. The summed E-state index contributed by atoms with van der Waals surface area (Å²) in [6.45, 7) is 8.46. The van der Waals surface area contributed by atoms with Crippen LogP contribution >= 0.6 is 11.8 Å². The third kappa shape index (κ3) is 4.69. The van der Waals surface area contributed by atoms with Gasteiger partial charge in [0, 0.05) is 20.1 Å². The molecular formula is C18H27N5O2S. The van der Waals surface area contributed by atoms with E-state index in [0.29, 0.717) is 18.0 Å². The van der Waals surface area contributed by atoms with Gasteiger partial charge in [0.1, 0.15) is 5.75 Å². The molecular weight excluding hydrogens is 350 g/mol. The maximum absolute atomic E-state index is 12.6. The third-order valence-corrected chi connectivity index (χ3v) is 4.72. The number of carbonyl (C=O) groups is 1. The molecule has 142 valence electrons. The van der Waals surface area contributed by atoms with E-state index in [9.17, 15) is 4.79 Å². The van der Waals surface area contributed by atoms with Crippen LogP contribution in [0.15, 0.2) is 29.4 Å². The van der Waals surface area contributed by atoms with E-state index in [1.807, 2.05) is 61.7 Å². The lowest BCUT2D eigenvalue weighted by Gasteiger charge is -2.19. The number of nitrogens with zero attached hydrogens (tertiary/aromatic N) is 4. The average Bonchev–Trinajstić information content (AvgIpc) is 3.01. The maximum atomic E-state index is 12.6. The topological polar surface area (TPSA) is 72.3 Å². The van der Waals surface area contributed by atoms with Crippen molar-refractivity contribution in [1.82, 2.24) is 14.8 Å². The van der Waals surface area contributed by atoms with Crippen molar-refractivity contribution in [2.45, 2.75) is 44.1 Å². The fraction of sp³-hybridized carbons (Fsp3) is 0.500. The van der Waals surface area contributed by atoms with E-state index in [1.165, 1.54) is 11.8 Å². The number of nitrogens with one attached hydrogen (secondary N) is 1. The molecule has 0 bridgehead atoms. The molecule has 1 aromatic heterocycles. The van der Waals surface area contributed by atoms with Crippen LogP contribution in [0.4, 0.5) is 11.6 Å². The van der Waals surface area contributed by atoms with Crippen LogP contribution in [0, 0.1) is 0 Å². The highest BCUT2D eigenvalue weighted by molar-refractivity contribution is 8.00. The largest absolute Gasteiger partial charge is 0.492 e. The zero-order chi connectivity index (χ0) is 19.3. The van der Waals surface area contributed by atoms with E-state index in [-0.39, 0.29) is 17.2 Å². The first-order valence-electron chi connectivity index (χ1n) is 8.66. The number of amides is 1. The predicted octanol–water partition coefficient (Wildman–Crippen LogP) is 3.44. The molecule has 1 atom stereocenters. The van der Waals surface area contributed by atoms with Crippen molar-refractivity contribution in [3.8, 4) is 5.75 Å². The highest BCUT2D eigenvalue weighted by Crippen LogP contribution is 2.30. The van der Waals surface area contributed by atoms with Crippen molar-refractivity contribution in [3.63, 3.8) is 0 Å². The molecule has 0 saturated carbocycles. The molecule has 0 aliphatic rings. The second-order valence-electron chi connectivity index (χ2n) is 6.32. The lowest BCUT2D eigenvalue weighted by molar-refractivity contribution is -0.115. The summed E-state index contributed by atoms with van der Waals surface area (Å²) < 4.78 is 7.59. The molecule has 1 unspecified atom stereocenters. The Morgan fingerprint density at radius 1 is 1.27 bits per heavy atom. The summed E-state index contributed by atoms with van der Waals surface area (Å²) in [5.74, 6) is 1.34. The molecule has 0 aliphatic heterocycles. The fourth-order valence-corrected chi connectivity index (χ4v) is 3.38. The van der Waals surface area contributed by atoms with Crippen molar-refractivity contribution in [3.05, 3.63) is 24.3 Å². The van der Waals surface area contributed by atoms with Crippen LogP contribution < -0.4 is 15.0 Å².